The van der Waals surface area contributed by atoms with Crippen molar-refractivity contribution in [3.8, 4) is 0 Å². The van der Waals surface area contributed by atoms with Crippen molar-refractivity contribution in [2.75, 3.05) is 19.8 Å². The number of aliphatic carboxylic acids is 1. The Bertz CT molecular complexity index is 145. The third-order valence-electron chi connectivity index (χ3n) is 1.77. The first kappa shape index (κ1) is 8.49. The summed E-state index contributed by atoms with van der Waals surface area (Å²) in [4.78, 5) is 10.3. The molecule has 4 nitrogen and oxygen atoms in total. The largest absolute Gasteiger partial charge is 0.481 e. The molecule has 1 aliphatic rings. The minimum absolute atomic E-state index is 0.310. The van der Waals surface area contributed by atoms with Crippen LogP contribution < -0.4 is 5.32 Å². The molecule has 1 unspecified atom stereocenters. The van der Waals surface area contributed by atoms with Crippen molar-refractivity contribution in [2.24, 2.45) is 5.92 Å². The molecule has 0 aromatic carbocycles. The fraction of sp³-hybridized carbons (Fsp3) is 0.857. The van der Waals surface area contributed by atoms with E-state index >= 15 is 0 Å². The third kappa shape index (κ3) is 2.48. The molecule has 11 heavy (non-hydrogen) atoms. The van der Waals surface area contributed by atoms with Crippen LogP contribution in [0.4, 0.5) is 0 Å². The average molecular weight is 159 g/mol. The number of nitrogens with one attached hydrogen (secondary N) is 1. The standard InChI is InChI=1S/C7H13NO3/c1-5(7(9)10)2-8-6-3-11-4-6/h5-6,8H,2-4H2,1H3,(H,9,10). The van der Waals surface area contributed by atoms with Crippen LogP contribution in [0.3, 0.4) is 0 Å². The van der Waals surface area contributed by atoms with Gasteiger partial charge in [0, 0.05) is 6.54 Å². The predicted octanol–water partition coefficient (Wildman–Crippen LogP) is -0.305. The predicted molar refractivity (Wildman–Crippen MR) is 39.4 cm³/mol. The maximum absolute atomic E-state index is 10.3. The molecule has 2 N–H and O–H groups in total. The van der Waals surface area contributed by atoms with Crippen molar-refractivity contribution in [3.63, 3.8) is 0 Å². The molecule has 0 radical (unpaired) electrons. The smallest absolute Gasteiger partial charge is 0.307 e. The second-order valence-electron chi connectivity index (χ2n) is 2.88. The van der Waals surface area contributed by atoms with Crippen LogP contribution in [0.2, 0.25) is 0 Å². The van der Waals surface area contributed by atoms with Gasteiger partial charge in [-0.2, -0.15) is 0 Å². The van der Waals surface area contributed by atoms with Crippen LogP contribution in [0.5, 0.6) is 0 Å². The molecule has 1 atom stereocenters. The molecular formula is C7H13NO3. The normalized spacial score (nSPS) is 20.8. The first-order chi connectivity index (χ1) is 5.20. The van der Waals surface area contributed by atoms with E-state index in [0.29, 0.717) is 25.8 Å². The molecule has 0 amide bonds. The number of hydrogen-bond acceptors (Lipinski definition) is 3. The Labute approximate surface area is 65.5 Å². The molecule has 1 heterocycles. The molecule has 0 bridgehead atoms. The average Bonchev–Trinajstić information content (AvgIpc) is 1.83. The highest BCUT2D eigenvalue weighted by Crippen LogP contribution is 2.00. The lowest BCUT2D eigenvalue weighted by Gasteiger charge is -2.27. The van der Waals surface area contributed by atoms with Gasteiger partial charge in [-0.3, -0.25) is 4.79 Å². The van der Waals surface area contributed by atoms with E-state index in [2.05, 4.69) is 5.32 Å². The van der Waals surface area contributed by atoms with E-state index in [0.717, 1.165) is 0 Å². The molecular weight excluding hydrogens is 146 g/mol. The summed E-state index contributed by atoms with van der Waals surface area (Å²) in [6.07, 6.45) is 0. The minimum atomic E-state index is -0.752. The number of hydrogen-bond donors (Lipinski definition) is 2. The van der Waals surface area contributed by atoms with E-state index in [1.165, 1.54) is 0 Å². The summed E-state index contributed by atoms with van der Waals surface area (Å²) in [6, 6.07) is 0.372. The zero-order valence-electron chi connectivity index (χ0n) is 6.54. The summed E-state index contributed by atoms with van der Waals surface area (Å²) in [5.41, 5.74) is 0. The Morgan fingerprint density at radius 1 is 1.82 bits per heavy atom. The van der Waals surface area contributed by atoms with Gasteiger partial charge in [-0.1, -0.05) is 6.92 Å². The Kier molecular flexibility index (Phi) is 2.84. The lowest BCUT2D eigenvalue weighted by molar-refractivity contribution is -0.141. The summed E-state index contributed by atoms with van der Waals surface area (Å²) in [6.45, 7) is 3.65. The van der Waals surface area contributed by atoms with Gasteiger partial charge in [-0.25, -0.2) is 0 Å². The molecule has 4 heteroatoms. The second kappa shape index (κ2) is 3.69. The fourth-order valence-corrected chi connectivity index (χ4v) is 0.784. The van der Waals surface area contributed by atoms with Gasteiger partial charge in [0.1, 0.15) is 0 Å². The van der Waals surface area contributed by atoms with Gasteiger partial charge >= 0.3 is 5.97 Å². The molecule has 1 rings (SSSR count). The Morgan fingerprint density at radius 3 is 2.82 bits per heavy atom. The Morgan fingerprint density at radius 2 is 2.45 bits per heavy atom. The van der Waals surface area contributed by atoms with Crippen molar-refractivity contribution in [1.29, 1.82) is 0 Å². The zero-order valence-corrected chi connectivity index (χ0v) is 6.54. The van der Waals surface area contributed by atoms with E-state index < -0.39 is 5.97 Å². The molecule has 1 aliphatic heterocycles. The molecule has 0 aromatic rings. The molecule has 1 fully saturated rings. The van der Waals surface area contributed by atoms with Gasteiger partial charge < -0.3 is 15.2 Å². The van der Waals surface area contributed by atoms with E-state index in [-0.39, 0.29) is 5.92 Å². The first-order valence-electron chi connectivity index (χ1n) is 3.74. The summed E-state index contributed by atoms with van der Waals surface area (Å²) < 4.78 is 4.92. The topological polar surface area (TPSA) is 58.6 Å². The Hall–Kier alpha value is -0.610. The highest BCUT2D eigenvalue weighted by Gasteiger charge is 2.19. The van der Waals surface area contributed by atoms with Crippen LogP contribution in [0.15, 0.2) is 0 Å². The van der Waals surface area contributed by atoms with Crippen molar-refractivity contribution in [3.05, 3.63) is 0 Å². The van der Waals surface area contributed by atoms with E-state index in [1.54, 1.807) is 6.92 Å². The van der Waals surface area contributed by atoms with Crippen LogP contribution in [0, 0.1) is 5.92 Å². The van der Waals surface area contributed by atoms with Gasteiger partial charge in [0.25, 0.3) is 0 Å². The van der Waals surface area contributed by atoms with Crippen LogP contribution >= 0.6 is 0 Å². The summed E-state index contributed by atoms with van der Waals surface area (Å²) >= 11 is 0. The monoisotopic (exact) mass is 159 g/mol. The zero-order chi connectivity index (χ0) is 8.27. The molecule has 0 saturated carbocycles. The van der Waals surface area contributed by atoms with Gasteiger partial charge in [-0.15, -0.1) is 0 Å². The van der Waals surface area contributed by atoms with Crippen molar-refractivity contribution in [2.45, 2.75) is 13.0 Å². The lowest BCUT2D eigenvalue weighted by Crippen LogP contribution is -2.47. The number of rotatable bonds is 4. The van der Waals surface area contributed by atoms with Crippen LogP contribution in [-0.2, 0) is 9.53 Å². The van der Waals surface area contributed by atoms with Crippen LogP contribution in [0.1, 0.15) is 6.92 Å². The summed E-state index contributed by atoms with van der Waals surface area (Å²) in [5.74, 6) is -1.06. The molecule has 0 aliphatic carbocycles. The van der Waals surface area contributed by atoms with Crippen LogP contribution in [-0.4, -0.2) is 36.9 Å². The highest BCUT2D eigenvalue weighted by atomic mass is 16.5. The van der Waals surface area contributed by atoms with E-state index in [4.69, 9.17) is 9.84 Å². The minimum Gasteiger partial charge on any atom is -0.481 e. The fourth-order valence-electron chi connectivity index (χ4n) is 0.784. The van der Waals surface area contributed by atoms with Gasteiger partial charge in [0.15, 0.2) is 0 Å². The van der Waals surface area contributed by atoms with E-state index in [9.17, 15) is 4.79 Å². The van der Waals surface area contributed by atoms with Crippen molar-refractivity contribution >= 4 is 5.97 Å². The molecule has 1 saturated heterocycles. The number of carbonyl (C=O) groups is 1. The first-order valence-corrected chi connectivity index (χ1v) is 3.74. The lowest BCUT2D eigenvalue weighted by atomic mass is 10.1. The van der Waals surface area contributed by atoms with E-state index in [1.807, 2.05) is 0 Å². The SMILES string of the molecule is CC(CNC1COC1)C(=O)O. The van der Waals surface area contributed by atoms with Crippen molar-refractivity contribution < 1.29 is 14.6 Å². The molecule has 64 valence electrons. The number of carboxylic acids is 1. The van der Waals surface area contributed by atoms with Gasteiger partial charge in [0.2, 0.25) is 0 Å². The highest BCUT2D eigenvalue weighted by molar-refractivity contribution is 5.69. The Balaban J connectivity index is 2.05. The number of ether oxygens (including phenoxy) is 1. The molecule has 0 spiro atoms. The summed E-state index contributed by atoms with van der Waals surface area (Å²) in [7, 11) is 0. The van der Waals surface area contributed by atoms with Crippen molar-refractivity contribution in [1.82, 2.24) is 5.32 Å². The maximum Gasteiger partial charge on any atom is 0.307 e. The molecule has 0 aromatic heterocycles. The maximum atomic E-state index is 10.3. The number of carboxylic acid groups (broad SMARTS) is 1. The second-order valence-corrected chi connectivity index (χ2v) is 2.88. The quantitative estimate of drug-likeness (QED) is 0.591. The van der Waals surface area contributed by atoms with Crippen LogP contribution in [0.25, 0.3) is 0 Å². The van der Waals surface area contributed by atoms with Gasteiger partial charge in [-0.05, 0) is 0 Å². The summed E-state index contributed by atoms with van der Waals surface area (Å²) in [5, 5.41) is 11.6. The third-order valence-corrected chi connectivity index (χ3v) is 1.77. The van der Waals surface area contributed by atoms with Gasteiger partial charge in [0.05, 0.1) is 25.2 Å².